The number of halogens is 1. The van der Waals surface area contributed by atoms with Crippen molar-refractivity contribution in [3.05, 3.63) is 23.2 Å². The van der Waals surface area contributed by atoms with Gasteiger partial charge in [0, 0.05) is 31.4 Å². The van der Waals surface area contributed by atoms with Gasteiger partial charge in [0.2, 0.25) is 0 Å². The number of rotatable bonds is 4. The minimum absolute atomic E-state index is 0.337. The van der Waals surface area contributed by atoms with E-state index in [0.717, 1.165) is 38.5 Å². The molecule has 3 N–H and O–H groups in total. The molecular formula is C13H20ClN3O. The lowest BCUT2D eigenvalue weighted by Gasteiger charge is -2.29. The molecule has 1 fully saturated rings. The number of nitrogens with one attached hydrogen (secondary N) is 1. The van der Waals surface area contributed by atoms with E-state index in [1.165, 1.54) is 0 Å². The third-order valence-electron chi connectivity index (χ3n) is 3.03. The molecule has 0 saturated carbocycles. The molecule has 18 heavy (non-hydrogen) atoms. The fourth-order valence-electron chi connectivity index (χ4n) is 2.13. The van der Waals surface area contributed by atoms with Crippen LogP contribution in [0.5, 0.6) is 0 Å². The zero-order valence-corrected chi connectivity index (χ0v) is 11.4. The molecule has 1 aromatic carbocycles. The number of nitrogen functional groups attached to an aromatic ring is 1. The second kappa shape index (κ2) is 6.27. The van der Waals surface area contributed by atoms with Crippen LogP contribution in [0.3, 0.4) is 0 Å². The lowest BCUT2D eigenvalue weighted by atomic mass is 10.2. The first-order valence-corrected chi connectivity index (χ1v) is 6.64. The van der Waals surface area contributed by atoms with E-state index in [0.29, 0.717) is 16.8 Å². The number of hydrogen-bond acceptors (Lipinski definition) is 4. The first kappa shape index (κ1) is 13.5. The molecule has 1 atom stereocenters. The first-order valence-electron chi connectivity index (χ1n) is 6.27. The van der Waals surface area contributed by atoms with Crippen molar-refractivity contribution in [2.75, 3.05) is 43.9 Å². The molecule has 1 heterocycles. The summed E-state index contributed by atoms with van der Waals surface area (Å²) in [6.45, 7) is 6.81. The summed E-state index contributed by atoms with van der Waals surface area (Å²) >= 11 is 6.14. The van der Waals surface area contributed by atoms with E-state index >= 15 is 0 Å². The van der Waals surface area contributed by atoms with Gasteiger partial charge in [-0.25, -0.2) is 0 Å². The third kappa shape index (κ3) is 3.77. The zero-order chi connectivity index (χ0) is 13.0. The van der Waals surface area contributed by atoms with Crippen LogP contribution in [0.2, 0.25) is 5.02 Å². The summed E-state index contributed by atoms with van der Waals surface area (Å²) in [6, 6.07) is 5.89. The Morgan fingerprint density at radius 1 is 1.44 bits per heavy atom. The second-order valence-electron chi connectivity index (χ2n) is 4.70. The van der Waals surface area contributed by atoms with Crippen molar-refractivity contribution in [3.8, 4) is 0 Å². The highest BCUT2D eigenvalue weighted by molar-refractivity contribution is 6.33. The summed E-state index contributed by atoms with van der Waals surface area (Å²) in [7, 11) is 0. The van der Waals surface area contributed by atoms with E-state index in [-0.39, 0.29) is 0 Å². The SMILES string of the molecule is CC(CN1CCOCC1)Nc1ccc(N)cc1Cl. The summed E-state index contributed by atoms with van der Waals surface area (Å²) in [5.74, 6) is 0. The van der Waals surface area contributed by atoms with Crippen molar-refractivity contribution >= 4 is 23.0 Å². The van der Waals surface area contributed by atoms with Crippen molar-refractivity contribution < 1.29 is 4.74 Å². The molecule has 0 bridgehead atoms. The van der Waals surface area contributed by atoms with E-state index in [4.69, 9.17) is 22.1 Å². The fraction of sp³-hybridized carbons (Fsp3) is 0.538. The number of ether oxygens (including phenoxy) is 1. The Morgan fingerprint density at radius 2 is 2.17 bits per heavy atom. The number of nitrogens with two attached hydrogens (primary N) is 1. The van der Waals surface area contributed by atoms with Crippen molar-refractivity contribution in [2.45, 2.75) is 13.0 Å². The predicted octanol–water partition coefficient (Wildman–Crippen LogP) is 2.05. The Morgan fingerprint density at radius 3 is 2.83 bits per heavy atom. The van der Waals surface area contributed by atoms with Gasteiger partial charge >= 0.3 is 0 Å². The normalized spacial score (nSPS) is 18.6. The van der Waals surface area contributed by atoms with Gasteiger partial charge in [0.1, 0.15) is 0 Å². The Kier molecular flexibility index (Phi) is 4.69. The standard InChI is InChI=1S/C13H20ClN3O/c1-10(9-17-4-6-18-7-5-17)16-13-3-2-11(15)8-12(13)14/h2-3,8,10,16H,4-7,9,15H2,1H3. The monoisotopic (exact) mass is 269 g/mol. The van der Waals surface area contributed by atoms with Gasteiger partial charge in [-0.2, -0.15) is 0 Å². The van der Waals surface area contributed by atoms with E-state index < -0.39 is 0 Å². The van der Waals surface area contributed by atoms with Crippen molar-refractivity contribution in [1.82, 2.24) is 4.90 Å². The van der Waals surface area contributed by atoms with Crippen molar-refractivity contribution in [3.63, 3.8) is 0 Å². The highest BCUT2D eigenvalue weighted by Gasteiger charge is 2.14. The molecule has 0 aromatic heterocycles. The van der Waals surface area contributed by atoms with Gasteiger partial charge in [0.25, 0.3) is 0 Å². The highest BCUT2D eigenvalue weighted by Crippen LogP contribution is 2.24. The van der Waals surface area contributed by atoms with Gasteiger partial charge in [0.05, 0.1) is 23.9 Å². The first-order chi connectivity index (χ1) is 8.65. The van der Waals surface area contributed by atoms with Gasteiger partial charge in [0.15, 0.2) is 0 Å². The van der Waals surface area contributed by atoms with Crippen LogP contribution in [-0.2, 0) is 4.74 Å². The van der Waals surface area contributed by atoms with Gasteiger partial charge in [-0.1, -0.05) is 11.6 Å². The van der Waals surface area contributed by atoms with Crippen LogP contribution in [-0.4, -0.2) is 43.8 Å². The zero-order valence-electron chi connectivity index (χ0n) is 10.7. The van der Waals surface area contributed by atoms with Crippen molar-refractivity contribution in [1.29, 1.82) is 0 Å². The molecule has 4 nitrogen and oxygen atoms in total. The Balaban J connectivity index is 1.87. The molecule has 5 heteroatoms. The summed E-state index contributed by atoms with van der Waals surface area (Å²) in [6.07, 6.45) is 0. The minimum atomic E-state index is 0.337. The summed E-state index contributed by atoms with van der Waals surface area (Å²) < 4.78 is 5.33. The van der Waals surface area contributed by atoms with Crippen LogP contribution in [0, 0.1) is 0 Å². The Hall–Kier alpha value is -0.970. The minimum Gasteiger partial charge on any atom is -0.399 e. The smallest absolute Gasteiger partial charge is 0.0658 e. The summed E-state index contributed by atoms with van der Waals surface area (Å²) in [5, 5.41) is 4.08. The van der Waals surface area contributed by atoms with Crippen LogP contribution in [0.25, 0.3) is 0 Å². The van der Waals surface area contributed by atoms with Crippen LogP contribution in [0.4, 0.5) is 11.4 Å². The van der Waals surface area contributed by atoms with Gasteiger partial charge in [-0.15, -0.1) is 0 Å². The van der Waals surface area contributed by atoms with Crippen LogP contribution in [0.15, 0.2) is 18.2 Å². The molecule has 1 aliphatic rings. The van der Waals surface area contributed by atoms with E-state index in [1.807, 2.05) is 12.1 Å². The Bertz CT molecular complexity index is 394. The number of hydrogen-bond donors (Lipinski definition) is 2. The van der Waals surface area contributed by atoms with Gasteiger partial charge in [-0.3, -0.25) is 4.90 Å². The molecule has 0 aliphatic carbocycles. The molecule has 0 amide bonds. The van der Waals surface area contributed by atoms with Crippen LogP contribution >= 0.6 is 11.6 Å². The summed E-state index contributed by atoms with van der Waals surface area (Å²) in [5.41, 5.74) is 7.30. The maximum Gasteiger partial charge on any atom is 0.0658 e. The summed E-state index contributed by atoms with van der Waals surface area (Å²) in [4.78, 5) is 2.40. The average molecular weight is 270 g/mol. The third-order valence-corrected chi connectivity index (χ3v) is 3.34. The fourth-order valence-corrected chi connectivity index (χ4v) is 2.37. The van der Waals surface area contributed by atoms with E-state index in [9.17, 15) is 0 Å². The molecule has 1 saturated heterocycles. The van der Waals surface area contributed by atoms with E-state index in [2.05, 4.69) is 17.1 Å². The Labute approximate surface area is 113 Å². The predicted molar refractivity (Wildman–Crippen MR) is 76.2 cm³/mol. The van der Waals surface area contributed by atoms with Gasteiger partial charge in [-0.05, 0) is 25.1 Å². The second-order valence-corrected chi connectivity index (χ2v) is 5.10. The molecule has 1 aliphatic heterocycles. The molecular weight excluding hydrogens is 250 g/mol. The largest absolute Gasteiger partial charge is 0.399 e. The highest BCUT2D eigenvalue weighted by atomic mass is 35.5. The molecule has 100 valence electrons. The number of benzene rings is 1. The number of morpholine rings is 1. The van der Waals surface area contributed by atoms with Crippen LogP contribution < -0.4 is 11.1 Å². The molecule has 0 radical (unpaired) electrons. The quantitative estimate of drug-likeness (QED) is 0.822. The average Bonchev–Trinajstić information content (AvgIpc) is 2.34. The lowest BCUT2D eigenvalue weighted by molar-refractivity contribution is 0.0368. The number of anilines is 2. The molecule has 1 aromatic rings. The maximum absolute atomic E-state index is 6.14. The van der Waals surface area contributed by atoms with Crippen molar-refractivity contribution in [2.24, 2.45) is 0 Å². The molecule has 2 rings (SSSR count). The van der Waals surface area contributed by atoms with Crippen LogP contribution in [0.1, 0.15) is 6.92 Å². The lowest BCUT2D eigenvalue weighted by Crippen LogP contribution is -2.42. The number of nitrogens with zero attached hydrogens (tertiary/aromatic N) is 1. The van der Waals surface area contributed by atoms with Gasteiger partial charge < -0.3 is 15.8 Å². The van der Waals surface area contributed by atoms with E-state index in [1.54, 1.807) is 6.07 Å². The molecule has 0 spiro atoms. The molecule has 1 unspecified atom stereocenters. The maximum atomic E-state index is 6.14. The topological polar surface area (TPSA) is 50.5 Å².